The standard InChI is InChI=1S/C13H12FN3O/c1-8-12(3-2-6-16-8)17-13(18)10-7-9(14)4-5-11(10)15/h2-7H,15H2,1H3,(H,17,18). The third-order valence-corrected chi connectivity index (χ3v) is 2.52. The number of aryl methyl sites for hydroxylation is 1. The summed E-state index contributed by atoms with van der Waals surface area (Å²) in [7, 11) is 0. The Morgan fingerprint density at radius 1 is 1.39 bits per heavy atom. The fraction of sp³-hybridized carbons (Fsp3) is 0.0769. The summed E-state index contributed by atoms with van der Waals surface area (Å²) < 4.78 is 13.1. The maximum Gasteiger partial charge on any atom is 0.257 e. The predicted octanol–water partition coefficient (Wildman–Crippen LogP) is 2.36. The first-order valence-corrected chi connectivity index (χ1v) is 5.36. The smallest absolute Gasteiger partial charge is 0.257 e. The lowest BCUT2D eigenvalue weighted by Crippen LogP contribution is -2.15. The molecule has 0 aliphatic heterocycles. The van der Waals surface area contributed by atoms with Crippen LogP contribution in [0, 0.1) is 12.7 Å². The van der Waals surface area contributed by atoms with Crippen LogP contribution in [0.3, 0.4) is 0 Å². The Kier molecular flexibility index (Phi) is 3.23. The molecular weight excluding hydrogens is 233 g/mol. The Bertz CT molecular complexity index is 599. The Balaban J connectivity index is 2.28. The fourth-order valence-electron chi connectivity index (χ4n) is 1.53. The van der Waals surface area contributed by atoms with E-state index in [1.807, 2.05) is 0 Å². The van der Waals surface area contributed by atoms with Crippen molar-refractivity contribution in [3.05, 3.63) is 53.6 Å². The van der Waals surface area contributed by atoms with Gasteiger partial charge in [-0.05, 0) is 37.3 Å². The molecule has 0 spiro atoms. The number of nitrogens with two attached hydrogens (primary N) is 1. The summed E-state index contributed by atoms with van der Waals surface area (Å²) in [5, 5.41) is 2.65. The van der Waals surface area contributed by atoms with Gasteiger partial charge in [0, 0.05) is 11.9 Å². The molecule has 1 aromatic carbocycles. The lowest BCUT2D eigenvalue weighted by Gasteiger charge is -2.09. The average Bonchev–Trinajstić information content (AvgIpc) is 2.35. The van der Waals surface area contributed by atoms with Gasteiger partial charge in [-0.2, -0.15) is 0 Å². The number of carbonyl (C=O) groups excluding carboxylic acids is 1. The topological polar surface area (TPSA) is 68.0 Å². The summed E-state index contributed by atoms with van der Waals surface area (Å²) in [5.41, 5.74) is 7.24. The monoisotopic (exact) mass is 245 g/mol. The number of amides is 1. The van der Waals surface area contributed by atoms with E-state index in [0.717, 1.165) is 6.07 Å². The number of hydrogen-bond donors (Lipinski definition) is 2. The van der Waals surface area contributed by atoms with Crippen molar-refractivity contribution in [3.8, 4) is 0 Å². The second-order valence-corrected chi connectivity index (χ2v) is 3.82. The molecule has 0 aliphatic rings. The quantitative estimate of drug-likeness (QED) is 0.798. The van der Waals surface area contributed by atoms with E-state index in [0.29, 0.717) is 11.4 Å². The molecule has 0 saturated heterocycles. The molecule has 0 fully saturated rings. The number of benzene rings is 1. The molecule has 3 N–H and O–H groups in total. The molecule has 4 nitrogen and oxygen atoms in total. The number of aromatic nitrogens is 1. The summed E-state index contributed by atoms with van der Waals surface area (Å²) >= 11 is 0. The molecule has 1 aromatic heterocycles. The van der Waals surface area contributed by atoms with Gasteiger partial charge in [-0.1, -0.05) is 0 Å². The highest BCUT2D eigenvalue weighted by Crippen LogP contribution is 2.17. The summed E-state index contributed by atoms with van der Waals surface area (Å²) in [6.45, 7) is 1.77. The van der Waals surface area contributed by atoms with E-state index in [1.54, 1.807) is 25.3 Å². The van der Waals surface area contributed by atoms with Crippen LogP contribution in [-0.4, -0.2) is 10.9 Å². The van der Waals surface area contributed by atoms with Crippen molar-refractivity contribution in [2.24, 2.45) is 0 Å². The number of nitrogens with one attached hydrogen (secondary N) is 1. The van der Waals surface area contributed by atoms with Gasteiger partial charge in [0.2, 0.25) is 0 Å². The van der Waals surface area contributed by atoms with Gasteiger partial charge in [-0.15, -0.1) is 0 Å². The highest BCUT2D eigenvalue weighted by Gasteiger charge is 2.12. The van der Waals surface area contributed by atoms with Gasteiger partial charge in [0.05, 0.1) is 16.9 Å². The molecule has 2 rings (SSSR count). The fourth-order valence-corrected chi connectivity index (χ4v) is 1.53. The minimum absolute atomic E-state index is 0.109. The minimum atomic E-state index is -0.503. The van der Waals surface area contributed by atoms with E-state index in [-0.39, 0.29) is 11.3 Å². The Labute approximate surface area is 104 Å². The van der Waals surface area contributed by atoms with Gasteiger partial charge in [0.25, 0.3) is 5.91 Å². The van der Waals surface area contributed by atoms with E-state index in [9.17, 15) is 9.18 Å². The van der Waals surface area contributed by atoms with Crippen LogP contribution in [-0.2, 0) is 0 Å². The first-order chi connectivity index (χ1) is 8.58. The van der Waals surface area contributed by atoms with Crippen molar-refractivity contribution < 1.29 is 9.18 Å². The highest BCUT2D eigenvalue weighted by atomic mass is 19.1. The molecule has 0 saturated carbocycles. The van der Waals surface area contributed by atoms with Gasteiger partial charge in [-0.25, -0.2) is 4.39 Å². The molecule has 0 bridgehead atoms. The number of anilines is 2. The van der Waals surface area contributed by atoms with Crippen LogP contribution >= 0.6 is 0 Å². The van der Waals surface area contributed by atoms with E-state index in [4.69, 9.17) is 5.73 Å². The number of rotatable bonds is 2. The van der Waals surface area contributed by atoms with Crippen molar-refractivity contribution in [1.82, 2.24) is 4.98 Å². The van der Waals surface area contributed by atoms with Gasteiger partial charge in [-0.3, -0.25) is 9.78 Å². The van der Waals surface area contributed by atoms with Crippen molar-refractivity contribution in [1.29, 1.82) is 0 Å². The Morgan fingerprint density at radius 2 is 2.17 bits per heavy atom. The number of nitrogen functional groups attached to an aromatic ring is 1. The number of carbonyl (C=O) groups is 1. The molecule has 0 aliphatic carbocycles. The lowest BCUT2D eigenvalue weighted by atomic mass is 10.1. The van der Waals surface area contributed by atoms with E-state index in [2.05, 4.69) is 10.3 Å². The Morgan fingerprint density at radius 3 is 2.89 bits per heavy atom. The van der Waals surface area contributed by atoms with Crippen molar-refractivity contribution >= 4 is 17.3 Å². The van der Waals surface area contributed by atoms with Gasteiger partial charge < -0.3 is 11.1 Å². The minimum Gasteiger partial charge on any atom is -0.398 e. The van der Waals surface area contributed by atoms with Gasteiger partial charge >= 0.3 is 0 Å². The zero-order chi connectivity index (χ0) is 13.1. The van der Waals surface area contributed by atoms with Crippen LogP contribution in [0.4, 0.5) is 15.8 Å². The lowest BCUT2D eigenvalue weighted by molar-refractivity contribution is 0.102. The van der Waals surface area contributed by atoms with E-state index >= 15 is 0 Å². The molecule has 0 atom stereocenters. The summed E-state index contributed by atoms with van der Waals surface area (Å²) in [6, 6.07) is 7.10. The van der Waals surface area contributed by atoms with Crippen LogP contribution in [0.1, 0.15) is 16.1 Å². The number of halogens is 1. The van der Waals surface area contributed by atoms with Crippen LogP contribution in [0.2, 0.25) is 0 Å². The predicted molar refractivity (Wildman–Crippen MR) is 67.7 cm³/mol. The number of hydrogen-bond acceptors (Lipinski definition) is 3. The molecule has 2 aromatic rings. The molecule has 0 radical (unpaired) electrons. The molecule has 5 heteroatoms. The average molecular weight is 245 g/mol. The number of pyridine rings is 1. The van der Waals surface area contributed by atoms with Gasteiger partial charge in [0.15, 0.2) is 0 Å². The maximum absolute atomic E-state index is 13.1. The summed E-state index contributed by atoms with van der Waals surface area (Å²) in [4.78, 5) is 16.0. The molecule has 18 heavy (non-hydrogen) atoms. The molecule has 92 valence electrons. The SMILES string of the molecule is Cc1ncccc1NC(=O)c1cc(F)ccc1N. The van der Waals surface area contributed by atoms with Crippen molar-refractivity contribution in [3.63, 3.8) is 0 Å². The van der Waals surface area contributed by atoms with E-state index < -0.39 is 11.7 Å². The first kappa shape index (κ1) is 12.0. The molecule has 1 heterocycles. The largest absolute Gasteiger partial charge is 0.398 e. The second-order valence-electron chi connectivity index (χ2n) is 3.82. The van der Waals surface area contributed by atoms with Crippen LogP contribution in [0.15, 0.2) is 36.5 Å². The molecule has 1 amide bonds. The summed E-state index contributed by atoms with van der Waals surface area (Å²) in [6.07, 6.45) is 1.63. The van der Waals surface area contributed by atoms with E-state index in [1.165, 1.54) is 12.1 Å². The van der Waals surface area contributed by atoms with Crippen LogP contribution in [0.25, 0.3) is 0 Å². The normalized spacial score (nSPS) is 10.1. The second kappa shape index (κ2) is 4.83. The summed E-state index contributed by atoms with van der Waals surface area (Å²) in [5.74, 6) is -0.958. The first-order valence-electron chi connectivity index (χ1n) is 5.36. The third-order valence-electron chi connectivity index (χ3n) is 2.52. The Hall–Kier alpha value is -2.43. The third kappa shape index (κ3) is 2.45. The number of nitrogens with zero attached hydrogens (tertiary/aromatic N) is 1. The highest BCUT2D eigenvalue weighted by molar-refractivity contribution is 6.07. The zero-order valence-corrected chi connectivity index (χ0v) is 9.77. The van der Waals surface area contributed by atoms with Gasteiger partial charge in [0.1, 0.15) is 5.82 Å². The maximum atomic E-state index is 13.1. The van der Waals surface area contributed by atoms with Crippen molar-refractivity contribution in [2.75, 3.05) is 11.1 Å². The molecular formula is C13H12FN3O. The zero-order valence-electron chi connectivity index (χ0n) is 9.77. The van der Waals surface area contributed by atoms with Crippen molar-refractivity contribution in [2.45, 2.75) is 6.92 Å². The van der Waals surface area contributed by atoms with Crippen LogP contribution in [0.5, 0.6) is 0 Å². The molecule has 0 unspecified atom stereocenters. The van der Waals surface area contributed by atoms with Crippen LogP contribution < -0.4 is 11.1 Å².